The molecular formula is C18H20N2S. The number of benzene rings is 2. The zero-order valence-electron chi connectivity index (χ0n) is 12.0. The minimum atomic E-state index is 0.582. The number of hydrogen-bond donors (Lipinski definition) is 2. The van der Waals surface area contributed by atoms with Crippen LogP contribution in [-0.2, 0) is 0 Å². The van der Waals surface area contributed by atoms with Gasteiger partial charge in [0.25, 0.3) is 0 Å². The van der Waals surface area contributed by atoms with Crippen LogP contribution in [0, 0.1) is 11.8 Å². The van der Waals surface area contributed by atoms with E-state index >= 15 is 0 Å². The van der Waals surface area contributed by atoms with E-state index in [2.05, 4.69) is 53.1 Å². The van der Waals surface area contributed by atoms with E-state index < -0.39 is 0 Å². The highest BCUT2D eigenvalue weighted by Crippen LogP contribution is 2.44. The summed E-state index contributed by atoms with van der Waals surface area (Å²) >= 11 is 5.53. The van der Waals surface area contributed by atoms with E-state index in [1.165, 1.54) is 36.5 Å². The van der Waals surface area contributed by atoms with Crippen molar-refractivity contribution >= 4 is 33.8 Å². The van der Waals surface area contributed by atoms with Crippen LogP contribution >= 0.6 is 12.2 Å². The van der Waals surface area contributed by atoms with Gasteiger partial charge in [0.1, 0.15) is 0 Å². The molecule has 0 unspecified atom stereocenters. The Bertz CT molecular complexity index is 676. The molecule has 0 spiro atoms. The summed E-state index contributed by atoms with van der Waals surface area (Å²) in [5, 5.41) is 10.2. The van der Waals surface area contributed by atoms with Gasteiger partial charge in [-0.1, -0.05) is 42.8 Å². The zero-order valence-corrected chi connectivity index (χ0v) is 12.8. The molecule has 2 N–H and O–H groups in total. The number of rotatable bonds is 2. The first-order valence-corrected chi connectivity index (χ1v) is 8.26. The van der Waals surface area contributed by atoms with Crippen molar-refractivity contribution in [2.75, 3.05) is 5.32 Å². The Balaban J connectivity index is 1.48. The van der Waals surface area contributed by atoms with Crippen molar-refractivity contribution in [1.82, 2.24) is 5.32 Å². The van der Waals surface area contributed by atoms with Gasteiger partial charge in [0.2, 0.25) is 0 Å². The summed E-state index contributed by atoms with van der Waals surface area (Å²) in [5.41, 5.74) is 1.09. The molecule has 2 fully saturated rings. The molecule has 3 atom stereocenters. The number of hydrogen-bond acceptors (Lipinski definition) is 1. The van der Waals surface area contributed by atoms with Crippen molar-refractivity contribution in [1.29, 1.82) is 0 Å². The molecule has 2 bridgehead atoms. The first kappa shape index (κ1) is 13.1. The fourth-order valence-electron chi connectivity index (χ4n) is 4.08. The van der Waals surface area contributed by atoms with Crippen LogP contribution in [0.2, 0.25) is 0 Å². The van der Waals surface area contributed by atoms with Gasteiger partial charge in [-0.15, -0.1) is 0 Å². The predicted octanol–water partition coefficient (Wildman–Crippen LogP) is 4.31. The lowest BCUT2D eigenvalue weighted by Gasteiger charge is -2.24. The van der Waals surface area contributed by atoms with Gasteiger partial charge in [0, 0.05) is 17.1 Å². The standard InChI is InChI=1S/C18H20N2S/c21-18(20-17-11-12-8-9-14(17)10-12)19-16-7-3-5-13-4-1-2-6-15(13)16/h1-7,12,14,17H,8-11H2,(H2,19,20,21)/t12-,14+,17-/m0/s1. The molecule has 0 aliphatic heterocycles. The first-order valence-electron chi connectivity index (χ1n) is 7.85. The summed E-state index contributed by atoms with van der Waals surface area (Å²) in [7, 11) is 0. The molecule has 108 valence electrons. The quantitative estimate of drug-likeness (QED) is 0.807. The lowest BCUT2D eigenvalue weighted by molar-refractivity contribution is 0.392. The summed E-state index contributed by atoms with van der Waals surface area (Å²) in [6.45, 7) is 0. The maximum Gasteiger partial charge on any atom is 0.171 e. The van der Waals surface area contributed by atoms with E-state index in [0.717, 1.165) is 22.6 Å². The Kier molecular flexibility index (Phi) is 3.30. The average molecular weight is 296 g/mol. The SMILES string of the molecule is S=C(Nc1cccc2ccccc12)N[C@H]1C[C@H]2CC[C@@H]1C2. The van der Waals surface area contributed by atoms with Crippen LogP contribution in [0.1, 0.15) is 25.7 Å². The molecule has 2 saturated carbocycles. The van der Waals surface area contributed by atoms with Gasteiger partial charge < -0.3 is 10.6 Å². The second kappa shape index (κ2) is 5.30. The van der Waals surface area contributed by atoms with Crippen LogP contribution in [-0.4, -0.2) is 11.2 Å². The molecule has 0 saturated heterocycles. The van der Waals surface area contributed by atoms with Crippen LogP contribution in [0.25, 0.3) is 10.8 Å². The highest BCUT2D eigenvalue weighted by molar-refractivity contribution is 7.80. The summed E-state index contributed by atoms with van der Waals surface area (Å²) in [4.78, 5) is 0. The lowest BCUT2D eigenvalue weighted by Crippen LogP contribution is -2.40. The highest BCUT2D eigenvalue weighted by atomic mass is 32.1. The van der Waals surface area contributed by atoms with E-state index in [1.54, 1.807) is 0 Å². The van der Waals surface area contributed by atoms with Crippen molar-refractivity contribution in [3.63, 3.8) is 0 Å². The van der Waals surface area contributed by atoms with Gasteiger partial charge in [-0.05, 0) is 54.8 Å². The Morgan fingerprint density at radius 3 is 2.67 bits per heavy atom. The third kappa shape index (κ3) is 2.51. The van der Waals surface area contributed by atoms with Crippen molar-refractivity contribution in [2.45, 2.75) is 31.7 Å². The van der Waals surface area contributed by atoms with Gasteiger partial charge >= 0.3 is 0 Å². The number of fused-ring (bicyclic) bond motifs is 3. The molecule has 2 aliphatic rings. The molecule has 4 rings (SSSR count). The monoisotopic (exact) mass is 296 g/mol. The second-order valence-electron chi connectivity index (χ2n) is 6.41. The number of nitrogens with one attached hydrogen (secondary N) is 2. The molecular weight excluding hydrogens is 276 g/mol. The van der Waals surface area contributed by atoms with Gasteiger partial charge in [0.15, 0.2) is 5.11 Å². The summed E-state index contributed by atoms with van der Waals surface area (Å²) in [5.74, 6) is 1.77. The predicted molar refractivity (Wildman–Crippen MR) is 92.5 cm³/mol. The highest BCUT2D eigenvalue weighted by Gasteiger charge is 2.39. The Morgan fingerprint density at radius 2 is 1.86 bits per heavy atom. The molecule has 2 nitrogen and oxygen atoms in total. The molecule has 0 amide bonds. The molecule has 2 aromatic rings. The molecule has 3 heteroatoms. The smallest absolute Gasteiger partial charge is 0.171 e. The molecule has 0 heterocycles. The van der Waals surface area contributed by atoms with E-state index in [9.17, 15) is 0 Å². The normalized spacial score (nSPS) is 27.0. The molecule has 21 heavy (non-hydrogen) atoms. The van der Waals surface area contributed by atoms with Crippen LogP contribution in [0.5, 0.6) is 0 Å². The zero-order chi connectivity index (χ0) is 14.2. The topological polar surface area (TPSA) is 24.1 Å². The van der Waals surface area contributed by atoms with E-state index in [1.807, 2.05) is 0 Å². The molecule has 0 radical (unpaired) electrons. The fraction of sp³-hybridized carbons (Fsp3) is 0.389. The minimum Gasteiger partial charge on any atom is -0.359 e. The number of thiocarbonyl (C=S) groups is 1. The van der Waals surface area contributed by atoms with Gasteiger partial charge in [-0.2, -0.15) is 0 Å². The first-order chi connectivity index (χ1) is 10.3. The third-order valence-electron chi connectivity index (χ3n) is 5.09. The van der Waals surface area contributed by atoms with Gasteiger partial charge in [-0.3, -0.25) is 0 Å². The van der Waals surface area contributed by atoms with Crippen molar-refractivity contribution < 1.29 is 0 Å². The van der Waals surface area contributed by atoms with E-state index in [0.29, 0.717) is 6.04 Å². The Morgan fingerprint density at radius 1 is 1.00 bits per heavy atom. The minimum absolute atomic E-state index is 0.582. The average Bonchev–Trinajstić information content (AvgIpc) is 3.10. The Labute approximate surface area is 130 Å². The fourth-order valence-corrected chi connectivity index (χ4v) is 4.34. The van der Waals surface area contributed by atoms with Crippen LogP contribution < -0.4 is 10.6 Å². The summed E-state index contributed by atoms with van der Waals surface area (Å²) in [6, 6.07) is 15.3. The Hall–Kier alpha value is -1.61. The maximum atomic E-state index is 5.53. The van der Waals surface area contributed by atoms with Crippen molar-refractivity contribution in [3.05, 3.63) is 42.5 Å². The molecule has 0 aromatic heterocycles. The number of anilines is 1. The summed E-state index contributed by atoms with van der Waals surface area (Å²) < 4.78 is 0. The van der Waals surface area contributed by atoms with Gasteiger partial charge in [0.05, 0.1) is 0 Å². The van der Waals surface area contributed by atoms with Crippen molar-refractivity contribution in [2.24, 2.45) is 11.8 Å². The van der Waals surface area contributed by atoms with E-state index in [-0.39, 0.29) is 0 Å². The second-order valence-corrected chi connectivity index (χ2v) is 6.81. The van der Waals surface area contributed by atoms with Crippen LogP contribution in [0.3, 0.4) is 0 Å². The van der Waals surface area contributed by atoms with E-state index in [4.69, 9.17) is 12.2 Å². The third-order valence-corrected chi connectivity index (χ3v) is 5.31. The summed E-state index contributed by atoms with van der Waals surface area (Å²) in [6.07, 6.45) is 5.49. The van der Waals surface area contributed by atoms with Crippen molar-refractivity contribution in [3.8, 4) is 0 Å². The van der Waals surface area contributed by atoms with Crippen LogP contribution in [0.4, 0.5) is 5.69 Å². The lowest BCUT2D eigenvalue weighted by atomic mass is 9.95. The van der Waals surface area contributed by atoms with Crippen LogP contribution in [0.15, 0.2) is 42.5 Å². The molecule has 2 aliphatic carbocycles. The largest absolute Gasteiger partial charge is 0.359 e. The maximum absolute atomic E-state index is 5.53. The van der Waals surface area contributed by atoms with Gasteiger partial charge in [-0.25, -0.2) is 0 Å². The molecule has 2 aromatic carbocycles.